The van der Waals surface area contributed by atoms with Gasteiger partial charge in [0.25, 0.3) is 0 Å². The summed E-state index contributed by atoms with van der Waals surface area (Å²) in [5.41, 5.74) is -1.20. The van der Waals surface area contributed by atoms with E-state index < -0.39 is 29.5 Å². The van der Waals surface area contributed by atoms with Gasteiger partial charge >= 0.3 is 0 Å². The average Bonchev–Trinajstić information content (AvgIpc) is 3.19. The molecule has 32 heavy (non-hydrogen) atoms. The molecule has 0 saturated heterocycles. The molecule has 0 amide bonds. The van der Waals surface area contributed by atoms with Gasteiger partial charge in [0, 0.05) is 29.7 Å². The standard InChI is InChI=1S/C23H22O9/c1-9(2)13-5-10-14(30-13)7-12(24)18-19(10)32-21-22(26)31-15-8-17(29-4)16(28-3)6-11(15)23(21,27)20(18)25/h6-8,13,21-22,24,26-27H,1,5H2,2-4H3/t13-,21+,22+,23-/m0/s1. The van der Waals surface area contributed by atoms with Gasteiger partial charge in [0.2, 0.25) is 18.2 Å². The smallest absolute Gasteiger partial charge is 0.238 e. The molecule has 9 heteroatoms. The van der Waals surface area contributed by atoms with Gasteiger partial charge in [0.1, 0.15) is 34.7 Å². The fourth-order valence-corrected chi connectivity index (χ4v) is 4.49. The van der Waals surface area contributed by atoms with E-state index in [1.54, 1.807) is 0 Å². The molecule has 0 unspecified atom stereocenters. The number of rotatable bonds is 3. The van der Waals surface area contributed by atoms with Crippen molar-refractivity contribution in [2.45, 2.75) is 37.4 Å². The number of hydrogen-bond donors (Lipinski definition) is 3. The van der Waals surface area contributed by atoms with Crippen LogP contribution in [0.2, 0.25) is 0 Å². The van der Waals surface area contributed by atoms with Crippen LogP contribution >= 0.6 is 0 Å². The number of fused-ring (bicyclic) bond motifs is 6. The second kappa shape index (κ2) is 6.78. The normalized spacial score (nSPS) is 27.0. The largest absolute Gasteiger partial charge is 0.507 e. The van der Waals surface area contributed by atoms with Crippen molar-refractivity contribution >= 4 is 5.78 Å². The van der Waals surface area contributed by atoms with Crippen molar-refractivity contribution in [1.29, 1.82) is 0 Å². The molecule has 0 spiro atoms. The minimum Gasteiger partial charge on any atom is -0.507 e. The van der Waals surface area contributed by atoms with Crippen molar-refractivity contribution in [2.75, 3.05) is 14.2 Å². The first-order chi connectivity index (χ1) is 15.2. The first kappa shape index (κ1) is 20.5. The second-order valence-corrected chi connectivity index (χ2v) is 8.08. The zero-order valence-electron chi connectivity index (χ0n) is 17.7. The summed E-state index contributed by atoms with van der Waals surface area (Å²) in [6.45, 7) is 5.71. The maximum Gasteiger partial charge on any atom is 0.238 e. The van der Waals surface area contributed by atoms with E-state index in [1.165, 1.54) is 32.4 Å². The number of ether oxygens (including phenoxy) is 5. The SMILES string of the molecule is C=C(C)[C@@H]1Cc2c(cc(O)c3c2O[C@@H]2[C@H](O)Oc4cc(OC)c(OC)cc4[C@]2(O)C3=O)O1. The number of methoxy groups -OCH3 is 2. The molecule has 2 aromatic rings. The average molecular weight is 442 g/mol. The highest BCUT2D eigenvalue weighted by molar-refractivity contribution is 6.09. The second-order valence-electron chi connectivity index (χ2n) is 8.08. The molecule has 3 aliphatic rings. The van der Waals surface area contributed by atoms with Crippen LogP contribution in [0.4, 0.5) is 0 Å². The van der Waals surface area contributed by atoms with Gasteiger partial charge in [0.05, 0.1) is 14.2 Å². The van der Waals surface area contributed by atoms with Gasteiger partial charge in [-0.25, -0.2) is 0 Å². The van der Waals surface area contributed by atoms with E-state index in [-0.39, 0.29) is 40.2 Å². The van der Waals surface area contributed by atoms with Crippen molar-refractivity contribution in [3.63, 3.8) is 0 Å². The summed E-state index contributed by atoms with van der Waals surface area (Å²) in [5.74, 6) is -0.276. The number of carbonyl (C=O) groups is 1. The highest BCUT2D eigenvalue weighted by atomic mass is 16.6. The molecule has 9 nitrogen and oxygen atoms in total. The number of Topliss-reactive ketones (excluding diaryl/α,β-unsaturated/α-hetero) is 1. The molecule has 2 aromatic carbocycles. The topological polar surface area (TPSA) is 124 Å². The number of benzene rings is 2. The first-order valence-corrected chi connectivity index (χ1v) is 9.96. The summed E-state index contributed by atoms with van der Waals surface area (Å²) in [6, 6.07) is 4.12. The lowest BCUT2D eigenvalue weighted by Crippen LogP contribution is -2.61. The molecule has 3 heterocycles. The van der Waals surface area contributed by atoms with Crippen LogP contribution in [0.3, 0.4) is 0 Å². The summed E-state index contributed by atoms with van der Waals surface area (Å²) in [6.07, 6.45) is -3.16. The minimum atomic E-state index is -2.35. The fraction of sp³-hybridized carbons (Fsp3) is 0.348. The summed E-state index contributed by atoms with van der Waals surface area (Å²) >= 11 is 0. The zero-order valence-corrected chi connectivity index (χ0v) is 17.7. The molecule has 3 aliphatic heterocycles. The molecule has 0 fully saturated rings. The molecule has 3 N–H and O–H groups in total. The number of aliphatic hydroxyl groups excluding tert-OH is 1. The minimum absolute atomic E-state index is 0.0251. The van der Waals surface area contributed by atoms with E-state index >= 15 is 0 Å². The van der Waals surface area contributed by atoms with Crippen LogP contribution in [0.1, 0.15) is 28.4 Å². The molecular formula is C23H22O9. The van der Waals surface area contributed by atoms with Gasteiger partial charge in [-0.05, 0) is 18.6 Å². The van der Waals surface area contributed by atoms with Gasteiger partial charge in [-0.15, -0.1) is 0 Å². The van der Waals surface area contributed by atoms with Crippen molar-refractivity contribution < 1.29 is 43.8 Å². The number of phenols is 1. The lowest BCUT2D eigenvalue weighted by Gasteiger charge is -2.45. The maximum absolute atomic E-state index is 13.7. The lowest BCUT2D eigenvalue weighted by atomic mass is 9.76. The van der Waals surface area contributed by atoms with Crippen molar-refractivity contribution in [2.24, 2.45) is 0 Å². The van der Waals surface area contributed by atoms with Gasteiger partial charge in [-0.2, -0.15) is 0 Å². The predicted octanol–water partition coefficient (Wildman–Crippen LogP) is 1.83. The predicted molar refractivity (Wildman–Crippen MR) is 110 cm³/mol. The number of phenolic OH excluding ortho intramolecular Hbond substituents is 1. The Balaban J connectivity index is 1.70. The Kier molecular flexibility index (Phi) is 4.34. The molecule has 0 aromatic heterocycles. The quantitative estimate of drug-likeness (QED) is 0.611. The number of aliphatic hydroxyl groups is 2. The van der Waals surface area contributed by atoms with E-state index in [2.05, 4.69) is 6.58 Å². The van der Waals surface area contributed by atoms with Crippen LogP contribution in [0, 0.1) is 0 Å². The molecule has 0 bridgehead atoms. The van der Waals surface area contributed by atoms with E-state index in [0.29, 0.717) is 17.7 Å². The maximum atomic E-state index is 13.7. The summed E-state index contributed by atoms with van der Waals surface area (Å²) < 4.78 is 27.9. The lowest BCUT2D eigenvalue weighted by molar-refractivity contribution is -0.179. The van der Waals surface area contributed by atoms with Crippen LogP contribution in [0.15, 0.2) is 30.4 Å². The Labute approximate surface area is 183 Å². The van der Waals surface area contributed by atoms with Gasteiger partial charge in [-0.1, -0.05) is 6.58 Å². The molecule has 0 radical (unpaired) electrons. The third-order valence-electron chi connectivity index (χ3n) is 6.16. The van der Waals surface area contributed by atoms with Crippen LogP contribution in [-0.4, -0.2) is 53.8 Å². The van der Waals surface area contributed by atoms with E-state index in [0.717, 1.165) is 5.57 Å². The number of aromatic hydroxyl groups is 1. The third kappa shape index (κ3) is 2.55. The number of ketones is 1. The summed E-state index contributed by atoms with van der Waals surface area (Å²) in [7, 11) is 2.83. The highest BCUT2D eigenvalue weighted by Gasteiger charge is 2.61. The molecule has 0 saturated carbocycles. The molecule has 4 atom stereocenters. The van der Waals surface area contributed by atoms with Gasteiger partial charge in [0.15, 0.2) is 17.1 Å². The first-order valence-electron chi connectivity index (χ1n) is 9.96. The Bertz CT molecular complexity index is 1170. The van der Waals surface area contributed by atoms with E-state index in [4.69, 9.17) is 23.7 Å². The molecule has 5 rings (SSSR count). The van der Waals surface area contributed by atoms with Crippen molar-refractivity contribution in [1.82, 2.24) is 0 Å². The van der Waals surface area contributed by atoms with Gasteiger partial charge < -0.3 is 39.0 Å². The Hall–Kier alpha value is -3.43. The van der Waals surface area contributed by atoms with Crippen LogP contribution in [-0.2, 0) is 12.0 Å². The summed E-state index contributed by atoms with van der Waals surface area (Å²) in [5, 5.41) is 33.0. The monoisotopic (exact) mass is 442 g/mol. The van der Waals surface area contributed by atoms with Crippen LogP contribution in [0.25, 0.3) is 0 Å². The molecule has 168 valence electrons. The Morgan fingerprint density at radius 3 is 2.47 bits per heavy atom. The van der Waals surface area contributed by atoms with Crippen molar-refractivity contribution in [3.8, 4) is 34.5 Å². The third-order valence-corrected chi connectivity index (χ3v) is 6.16. The Morgan fingerprint density at radius 2 is 1.81 bits per heavy atom. The number of carbonyl (C=O) groups excluding carboxylic acids is 1. The molecule has 0 aliphatic carbocycles. The summed E-state index contributed by atoms with van der Waals surface area (Å²) in [4.78, 5) is 13.7. The molecular weight excluding hydrogens is 420 g/mol. The highest BCUT2D eigenvalue weighted by Crippen LogP contribution is 2.54. The zero-order chi connectivity index (χ0) is 22.9. The van der Waals surface area contributed by atoms with Gasteiger partial charge in [-0.3, -0.25) is 4.79 Å². The van der Waals surface area contributed by atoms with E-state index in [1.807, 2.05) is 6.92 Å². The number of hydrogen-bond acceptors (Lipinski definition) is 9. The Morgan fingerprint density at radius 1 is 1.12 bits per heavy atom. The fourth-order valence-electron chi connectivity index (χ4n) is 4.49. The van der Waals surface area contributed by atoms with Crippen molar-refractivity contribution in [3.05, 3.63) is 47.0 Å². The van der Waals surface area contributed by atoms with Crippen LogP contribution < -0.4 is 23.7 Å². The van der Waals surface area contributed by atoms with Crippen LogP contribution in [0.5, 0.6) is 34.5 Å². The van der Waals surface area contributed by atoms with E-state index in [9.17, 15) is 20.1 Å².